The van der Waals surface area contributed by atoms with Crippen LogP contribution in [0.4, 0.5) is 16.6 Å². The Balaban J connectivity index is 1.24. The lowest BCUT2D eigenvalue weighted by atomic mass is 9.92. The van der Waals surface area contributed by atoms with Gasteiger partial charge in [0.1, 0.15) is 0 Å². The molecule has 3 fully saturated rings. The molecule has 0 spiro atoms. The molecule has 2 aromatic heterocycles. The number of carbonyl (C=O) groups excluding carboxylic acids is 1. The highest BCUT2D eigenvalue weighted by Gasteiger charge is 2.27. The first-order chi connectivity index (χ1) is 18.6. The zero-order valence-electron chi connectivity index (χ0n) is 23.1. The molecule has 2 amide bonds. The minimum absolute atomic E-state index is 0.0679. The highest BCUT2D eigenvalue weighted by Crippen LogP contribution is 2.34. The minimum atomic E-state index is 0.0679. The second kappa shape index (κ2) is 13.0. The summed E-state index contributed by atoms with van der Waals surface area (Å²) in [6, 6.07) is 1.45. The van der Waals surface area contributed by atoms with Gasteiger partial charge in [-0.1, -0.05) is 39.0 Å². The van der Waals surface area contributed by atoms with Crippen molar-refractivity contribution in [3.63, 3.8) is 0 Å². The van der Waals surface area contributed by atoms with E-state index >= 15 is 0 Å². The summed E-state index contributed by atoms with van der Waals surface area (Å²) in [6.45, 7) is 4.46. The van der Waals surface area contributed by atoms with Crippen molar-refractivity contribution in [2.45, 2.75) is 121 Å². The third-order valence-electron chi connectivity index (χ3n) is 8.67. The quantitative estimate of drug-likeness (QED) is 0.329. The van der Waals surface area contributed by atoms with Gasteiger partial charge in [0.15, 0.2) is 17.0 Å². The fourth-order valence-corrected chi connectivity index (χ4v) is 6.26. The van der Waals surface area contributed by atoms with E-state index in [1.807, 2.05) is 11.2 Å². The van der Waals surface area contributed by atoms with E-state index in [1.165, 1.54) is 44.9 Å². The number of aromatic nitrogens is 4. The van der Waals surface area contributed by atoms with Crippen LogP contribution < -0.4 is 21.7 Å². The number of imidazole rings is 1. The number of rotatable bonds is 10. The molecular weight excluding hydrogens is 478 g/mol. The number of carbonyl (C=O) groups is 1. The number of likely N-dealkylation sites (tertiary alicyclic amines) is 1. The van der Waals surface area contributed by atoms with Crippen LogP contribution in [0.1, 0.15) is 103 Å². The molecule has 0 aromatic carbocycles. The maximum absolute atomic E-state index is 12.6. The van der Waals surface area contributed by atoms with Gasteiger partial charge in [0.2, 0.25) is 5.95 Å². The summed E-state index contributed by atoms with van der Waals surface area (Å²) in [6.07, 6.45) is 17.5. The fourth-order valence-electron chi connectivity index (χ4n) is 6.26. The Labute approximate surface area is 226 Å². The molecule has 3 heterocycles. The lowest BCUT2D eigenvalue weighted by Crippen LogP contribution is -2.47. The number of amides is 2. The van der Waals surface area contributed by atoms with Gasteiger partial charge in [0.25, 0.3) is 0 Å². The molecule has 2 saturated carbocycles. The zero-order valence-corrected chi connectivity index (χ0v) is 23.1. The van der Waals surface area contributed by atoms with Crippen molar-refractivity contribution in [1.82, 2.24) is 29.7 Å². The summed E-state index contributed by atoms with van der Waals surface area (Å²) in [5, 5.41) is 10.4. The van der Waals surface area contributed by atoms with E-state index in [0.29, 0.717) is 24.1 Å². The third-order valence-corrected chi connectivity index (χ3v) is 8.67. The summed E-state index contributed by atoms with van der Waals surface area (Å²) < 4.78 is 2.27. The van der Waals surface area contributed by atoms with Crippen molar-refractivity contribution >= 4 is 29.0 Å². The summed E-state index contributed by atoms with van der Waals surface area (Å²) in [5.41, 5.74) is 7.90. The maximum Gasteiger partial charge on any atom is 0.317 e. The third kappa shape index (κ3) is 6.68. The molecule has 3 aliphatic rings. The SMILES string of the molecule is CCCCCCNC(=O)N1CCC(Nc2nc(NC3CCC(N)CC3)nc3c2ncn3C2CCCC2)CC1. The summed E-state index contributed by atoms with van der Waals surface area (Å²) >= 11 is 0. The van der Waals surface area contributed by atoms with Gasteiger partial charge in [0.05, 0.1) is 6.33 Å². The standard InChI is InChI=1S/C28H47N9O/c1-2-3-4-7-16-30-28(38)36-17-14-22(15-18-36)32-25-24-26(37(19-31-24)23-8-5-6-9-23)35-27(34-25)33-21-12-10-20(29)11-13-21/h19-23H,2-18,29H2,1H3,(H,30,38)(H2,32,33,34,35). The molecule has 0 unspecified atom stereocenters. The van der Waals surface area contributed by atoms with Crippen LogP contribution in [0.15, 0.2) is 6.33 Å². The van der Waals surface area contributed by atoms with Crippen LogP contribution in [0, 0.1) is 0 Å². The first-order valence-corrected chi connectivity index (χ1v) is 15.2. The monoisotopic (exact) mass is 525 g/mol. The van der Waals surface area contributed by atoms with Crippen LogP contribution in [0.25, 0.3) is 11.2 Å². The topological polar surface area (TPSA) is 126 Å². The molecule has 0 atom stereocenters. The summed E-state index contributed by atoms with van der Waals surface area (Å²) in [5.74, 6) is 1.49. The number of unbranched alkanes of at least 4 members (excludes halogenated alkanes) is 3. The van der Waals surface area contributed by atoms with Crippen LogP contribution in [-0.2, 0) is 0 Å². The molecule has 2 aromatic rings. The Bertz CT molecular complexity index is 1030. The molecule has 5 rings (SSSR count). The number of nitrogens with two attached hydrogens (primary N) is 1. The van der Waals surface area contributed by atoms with Crippen molar-refractivity contribution in [2.75, 3.05) is 30.3 Å². The van der Waals surface area contributed by atoms with Gasteiger partial charge in [-0.15, -0.1) is 0 Å². The average Bonchev–Trinajstić information content (AvgIpc) is 3.60. The molecule has 5 N–H and O–H groups in total. The van der Waals surface area contributed by atoms with Gasteiger partial charge >= 0.3 is 6.03 Å². The molecule has 38 heavy (non-hydrogen) atoms. The molecule has 1 aliphatic heterocycles. The van der Waals surface area contributed by atoms with Crippen LogP contribution in [-0.4, -0.2) is 68.2 Å². The lowest BCUT2D eigenvalue weighted by molar-refractivity contribution is 0.183. The molecule has 10 nitrogen and oxygen atoms in total. The van der Waals surface area contributed by atoms with Crippen molar-refractivity contribution < 1.29 is 4.79 Å². The van der Waals surface area contributed by atoms with Crippen LogP contribution in [0.5, 0.6) is 0 Å². The lowest BCUT2D eigenvalue weighted by Gasteiger charge is -2.32. The molecule has 210 valence electrons. The number of urea groups is 1. The van der Waals surface area contributed by atoms with E-state index in [-0.39, 0.29) is 12.1 Å². The minimum Gasteiger partial charge on any atom is -0.365 e. The number of piperidine rings is 1. The van der Waals surface area contributed by atoms with Crippen molar-refractivity contribution in [3.8, 4) is 0 Å². The van der Waals surface area contributed by atoms with Crippen molar-refractivity contribution in [3.05, 3.63) is 6.33 Å². The molecule has 2 aliphatic carbocycles. The van der Waals surface area contributed by atoms with E-state index in [9.17, 15) is 4.79 Å². The first-order valence-electron chi connectivity index (χ1n) is 15.2. The predicted octanol–water partition coefficient (Wildman–Crippen LogP) is 4.79. The van der Waals surface area contributed by atoms with E-state index in [0.717, 1.165) is 81.6 Å². The van der Waals surface area contributed by atoms with Gasteiger partial charge in [-0.25, -0.2) is 9.78 Å². The largest absolute Gasteiger partial charge is 0.365 e. The molecule has 0 bridgehead atoms. The van der Waals surface area contributed by atoms with Gasteiger partial charge in [0, 0.05) is 43.8 Å². The molecule has 0 radical (unpaired) electrons. The highest BCUT2D eigenvalue weighted by atomic mass is 16.2. The van der Waals surface area contributed by atoms with Crippen LogP contribution in [0.2, 0.25) is 0 Å². The molecular formula is C28H47N9O. The number of anilines is 2. The normalized spacial score (nSPS) is 23.2. The van der Waals surface area contributed by atoms with E-state index in [4.69, 9.17) is 20.7 Å². The van der Waals surface area contributed by atoms with Crippen LogP contribution >= 0.6 is 0 Å². The number of hydrogen-bond acceptors (Lipinski definition) is 7. The Hall–Kier alpha value is -2.62. The number of hydrogen-bond donors (Lipinski definition) is 4. The Morgan fingerprint density at radius 2 is 1.68 bits per heavy atom. The highest BCUT2D eigenvalue weighted by molar-refractivity contribution is 5.84. The van der Waals surface area contributed by atoms with E-state index < -0.39 is 0 Å². The van der Waals surface area contributed by atoms with Crippen molar-refractivity contribution in [1.29, 1.82) is 0 Å². The van der Waals surface area contributed by atoms with Gasteiger partial charge in [-0.2, -0.15) is 9.97 Å². The average molecular weight is 526 g/mol. The van der Waals surface area contributed by atoms with Gasteiger partial charge in [-0.3, -0.25) is 0 Å². The second-order valence-electron chi connectivity index (χ2n) is 11.6. The predicted molar refractivity (Wildman–Crippen MR) is 152 cm³/mol. The summed E-state index contributed by atoms with van der Waals surface area (Å²) in [7, 11) is 0. The second-order valence-corrected chi connectivity index (χ2v) is 11.6. The fraction of sp³-hybridized carbons (Fsp3) is 0.786. The van der Waals surface area contributed by atoms with Crippen LogP contribution in [0.3, 0.4) is 0 Å². The summed E-state index contributed by atoms with van der Waals surface area (Å²) in [4.78, 5) is 29.2. The Morgan fingerprint density at radius 3 is 2.42 bits per heavy atom. The number of fused-ring (bicyclic) bond motifs is 1. The Morgan fingerprint density at radius 1 is 0.947 bits per heavy atom. The van der Waals surface area contributed by atoms with Gasteiger partial charge in [-0.05, 0) is 57.8 Å². The number of nitrogens with zero attached hydrogens (tertiary/aromatic N) is 5. The molecule has 1 saturated heterocycles. The Kier molecular flexibility index (Phi) is 9.19. The van der Waals surface area contributed by atoms with Gasteiger partial charge < -0.3 is 31.2 Å². The smallest absolute Gasteiger partial charge is 0.317 e. The zero-order chi connectivity index (χ0) is 26.3. The molecule has 10 heteroatoms. The van der Waals surface area contributed by atoms with E-state index in [1.54, 1.807) is 0 Å². The first kappa shape index (κ1) is 27.0. The maximum atomic E-state index is 12.6. The van der Waals surface area contributed by atoms with E-state index in [2.05, 4.69) is 27.4 Å². The van der Waals surface area contributed by atoms with Crippen molar-refractivity contribution in [2.24, 2.45) is 5.73 Å². The number of nitrogens with one attached hydrogen (secondary N) is 3.